The van der Waals surface area contributed by atoms with Crippen LogP contribution in [-0.4, -0.2) is 2.35 Å². The minimum Gasteiger partial charge on any atom is -1.00 e. The number of hydrogen-bond donors (Lipinski definition) is 0. The maximum absolute atomic E-state index is 7.00. The summed E-state index contributed by atoms with van der Waals surface area (Å²) in [6.45, 7) is 0. The van der Waals surface area contributed by atoms with Crippen molar-refractivity contribution in [3.63, 3.8) is 0 Å². The van der Waals surface area contributed by atoms with Crippen LogP contribution >= 0.6 is 24.6 Å². The third kappa shape index (κ3) is 31.5. The van der Waals surface area contributed by atoms with Crippen molar-refractivity contribution in [3.8, 4) is 0 Å². The smallest absolute Gasteiger partial charge is 1.00 e. The summed E-state index contributed by atoms with van der Waals surface area (Å²) < 4.78 is 10.4. The maximum atomic E-state index is 7.00. The number of hydrogen-bond acceptors (Lipinski definition) is 2. The van der Waals surface area contributed by atoms with Crippen molar-refractivity contribution >= 4 is 24.6 Å². The summed E-state index contributed by atoms with van der Waals surface area (Å²) in [7, 11) is 0. The van der Waals surface area contributed by atoms with Crippen LogP contribution in [0.15, 0.2) is 0 Å². The molecule has 30 valence electrons. The molecule has 0 bridgehead atoms. The van der Waals surface area contributed by atoms with Gasteiger partial charge >= 0.3 is 59.1 Å². The van der Waals surface area contributed by atoms with Crippen molar-refractivity contribution in [1.82, 2.24) is 0 Å². The molecule has 0 unspecified atom stereocenters. The molecule has 0 saturated carbocycles. The Hall–Kier alpha value is 2.50. The second kappa shape index (κ2) is 50.7. The Labute approximate surface area is 95.3 Å². The van der Waals surface area contributed by atoms with Gasteiger partial charge in [0.1, 0.15) is 2.35 Å². The summed E-state index contributed by atoms with van der Waals surface area (Å²) in [5, 5.41) is 14.0. The monoisotopic (exact) mass is 152 g/mol. The quantitative estimate of drug-likeness (QED) is 0.197. The molecule has 0 atom stereocenters. The summed E-state index contributed by atoms with van der Waals surface area (Å²) in [5.41, 5.74) is 0. The fourth-order valence-corrected chi connectivity index (χ4v) is 0. The summed E-state index contributed by atoms with van der Waals surface area (Å²) in [6, 6.07) is 0. The molecule has 0 aliphatic rings. The van der Waals surface area contributed by atoms with Crippen LogP contribution < -0.4 is 69.6 Å². The fraction of sp³-hybridized carbons (Fsp3) is 0. The Morgan fingerprint density at radius 1 is 1.00 bits per heavy atom. The van der Waals surface area contributed by atoms with E-state index in [9.17, 15) is 0 Å². The predicted molar refractivity (Wildman–Crippen MR) is 14.5 cm³/mol. The number of rotatable bonds is 0. The van der Waals surface area contributed by atoms with E-state index in [0.29, 0.717) is 0 Å². The molecule has 0 amide bonds. The van der Waals surface area contributed by atoms with E-state index in [4.69, 9.17) is 12.9 Å². The molecule has 0 fully saturated rings. The van der Waals surface area contributed by atoms with Gasteiger partial charge in [0, 0.05) is 0 Å². The Bertz CT molecular complexity index is 16.0. The summed E-state index contributed by atoms with van der Waals surface area (Å²) in [5.74, 6) is 0. The molecule has 0 rings (SSSR count). The molecule has 0 aromatic heterocycles. The molecule has 0 N–H and O–H groups in total. The first kappa shape index (κ1) is 15.8. The van der Waals surface area contributed by atoms with Crippen molar-refractivity contribution in [3.05, 3.63) is 0 Å². The van der Waals surface area contributed by atoms with E-state index >= 15 is 0 Å². The Kier molecular flexibility index (Phi) is 134. The predicted octanol–water partition coefficient (Wildman–Crippen LogP) is -7.53. The van der Waals surface area contributed by atoms with Gasteiger partial charge < -0.3 is 10.5 Å². The van der Waals surface area contributed by atoms with Gasteiger partial charge in [-0.1, -0.05) is 0 Å². The Balaban J connectivity index is -0.00000000500. The van der Waals surface area contributed by atoms with Gasteiger partial charge in [-0.05, 0) is 0 Å². The Morgan fingerprint density at radius 2 is 1.00 bits per heavy atom. The second-order valence-electron chi connectivity index (χ2n) is 0. The molecule has 0 spiro atoms. The summed E-state index contributed by atoms with van der Waals surface area (Å²) in [6.07, 6.45) is 0. The molecular weight excluding hydrogens is 149 g/mol. The largest absolute Gasteiger partial charge is 1.00 e. The van der Waals surface area contributed by atoms with Gasteiger partial charge in [0.15, 0.2) is 0 Å². The minimum atomic E-state index is 0. The van der Waals surface area contributed by atoms with E-state index in [1.54, 1.807) is 0 Å². The molecule has 6 heteroatoms. The fourth-order valence-electron chi connectivity index (χ4n) is 0. The first-order valence-corrected chi connectivity index (χ1v) is 0.167. The van der Waals surface area contributed by atoms with Gasteiger partial charge in [-0.15, -0.1) is 24.6 Å². The van der Waals surface area contributed by atoms with Crippen LogP contribution in [0.2, 0.25) is 0 Å². The molecular formula is H2Cl2Na2O2. The van der Waals surface area contributed by atoms with Crippen LogP contribution in [-0.2, 0) is 0 Å². The van der Waals surface area contributed by atoms with Crippen molar-refractivity contribution < 1.29 is 69.6 Å². The van der Waals surface area contributed by atoms with E-state index < -0.39 is 0 Å². The number of halogens is 2. The van der Waals surface area contributed by atoms with Crippen LogP contribution in [0.1, 0.15) is 0 Å². The maximum Gasteiger partial charge on any atom is 1.00 e. The zero-order chi connectivity index (χ0) is 6.00. The average molecular weight is 153 g/mol. The molecule has 0 radical (unpaired) electrons. The van der Waals surface area contributed by atoms with Crippen LogP contribution in [0.25, 0.3) is 0 Å². The molecule has 0 aromatic carbocycles. The topological polar surface area (TPSA) is 46.1 Å². The van der Waals surface area contributed by atoms with Gasteiger partial charge in [-0.3, -0.25) is 0 Å². The molecule has 0 aliphatic carbocycles. The second-order valence-corrected chi connectivity index (χ2v) is 0. The van der Waals surface area contributed by atoms with Crippen LogP contribution in [0.4, 0.5) is 0 Å². The minimum absolute atomic E-state index is 0. The average Bonchev–Trinajstić information content (AvgIpc) is 1.81. The van der Waals surface area contributed by atoms with E-state index in [0.717, 1.165) is 0 Å². The van der Waals surface area contributed by atoms with Gasteiger partial charge in [0.25, 0.3) is 0 Å². The van der Waals surface area contributed by atoms with Crippen LogP contribution in [0.3, 0.4) is 0 Å². The van der Waals surface area contributed by atoms with E-state index in [2.05, 4.69) is 24.6 Å². The van der Waals surface area contributed by atoms with E-state index in [1.807, 2.05) is 0 Å². The first-order valence-electron chi connectivity index (χ1n) is 0.923. The Morgan fingerprint density at radius 3 is 1.00 bits per heavy atom. The zero-order valence-electron chi connectivity index (χ0n) is 5.57. The van der Waals surface area contributed by atoms with Gasteiger partial charge in [0.2, 0.25) is 0 Å². The van der Waals surface area contributed by atoms with E-state index in [-0.39, 0.29) is 59.1 Å². The molecule has 0 aliphatic heterocycles. The molecule has 6 heavy (non-hydrogen) atoms. The normalized spacial score (nSPS) is 3.33. The van der Waals surface area contributed by atoms with Gasteiger partial charge in [-0.25, -0.2) is 0 Å². The third-order valence-corrected chi connectivity index (χ3v) is 0. The van der Waals surface area contributed by atoms with Crippen molar-refractivity contribution in [2.24, 2.45) is 0 Å². The summed E-state index contributed by atoms with van der Waals surface area (Å²) >= 11 is 7.78. The standard InChI is InChI=1S/2ClH.2Na.O2/c;;;;1-2/h2*1H;;;/q;;2*+1;-2/i/hD2. The van der Waals surface area contributed by atoms with Crippen molar-refractivity contribution in [2.45, 2.75) is 0 Å². The zero-order valence-corrected chi connectivity index (χ0v) is 9.08. The van der Waals surface area contributed by atoms with Crippen LogP contribution in [0, 0.1) is 0 Å². The molecule has 2 nitrogen and oxygen atoms in total. The third-order valence-electron chi connectivity index (χ3n) is 0. The van der Waals surface area contributed by atoms with E-state index in [1.165, 1.54) is 0 Å². The SMILES string of the molecule is [2H]Cl.[2H]Cl.[Na+].[Na+].[O-][O-]. The molecule has 0 heterocycles. The first-order chi connectivity index (χ1) is 3.00. The molecule has 0 aromatic rings. The molecule has 0 saturated heterocycles. The summed E-state index contributed by atoms with van der Waals surface area (Å²) in [4.78, 5) is 0. The van der Waals surface area contributed by atoms with Crippen molar-refractivity contribution in [1.29, 1.82) is 2.35 Å². The van der Waals surface area contributed by atoms with Crippen LogP contribution in [0.5, 0.6) is 0 Å². The van der Waals surface area contributed by atoms with Gasteiger partial charge in [0.05, 0.1) is 0 Å². The van der Waals surface area contributed by atoms with Gasteiger partial charge in [-0.2, -0.15) is 0 Å². The van der Waals surface area contributed by atoms with Crippen molar-refractivity contribution in [2.75, 3.05) is 0 Å².